The van der Waals surface area contributed by atoms with Crippen LogP contribution in [0.4, 0.5) is 5.69 Å². The summed E-state index contributed by atoms with van der Waals surface area (Å²) in [5, 5.41) is 14.6. The number of hydrogen-bond acceptors (Lipinski definition) is 3. The van der Waals surface area contributed by atoms with E-state index in [0.717, 1.165) is 27.7 Å². The van der Waals surface area contributed by atoms with Crippen molar-refractivity contribution in [3.8, 4) is 0 Å². The fourth-order valence-electron chi connectivity index (χ4n) is 2.09. The van der Waals surface area contributed by atoms with Crippen molar-refractivity contribution in [2.75, 3.05) is 5.32 Å². The van der Waals surface area contributed by atoms with Crippen molar-refractivity contribution in [3.63, 3.8) is 0 Å². The summed E-state index contributed by atoms with van der Waals surface area (Å²) in [5.41, 5.74) is 8.27. The molecule has 4 N–H and O–H groups in total. The molecule has 0 bridgehead atoms. The van der Waals surface area contributed by atoms with E-state index in [4.69, 9.17) is 10.9 Å². The Morgan fingerprint density at radius 1 is 1.45 bits per heavy atom. The average Bonchev–Trinajstić information content (AvgIpc) is 2.39. The number of hydrogen-bond donors (Lipinski definition) is 3. The monoisotopic (exact) mass is 341 g/mol. The second-order valence-corrected chi connectivity index (χ2v) is 5.69. The number of anilines is 1. The van der Waals surface area contributed by atoms with Crippen molar-refractivity contribution >= 4 is 33.4 Å². The van der Waals surface area contributed by atoms with Crippen LogP contribution in [-0.4, -0.2) is 17.0 Å². The van der Waals surface area contributed by atoms with Crippen LogP contribution in [0.2, 0.25) is 0 Å². The standard InChI is InChI=1S/C14H20BrN3O2/c1-4-5-11(13(16)18-20)14(19)17-12-8(2)6-10(15)7-9(12)3/h6-7,11,20H,4-5H2,1-3H3,(H2,16,18)(H,17,19). The van der Waals surface area contributed by atoms with E-state index in [1.807, 2.05) is 32.9 Å². The van der Waals surface area contributed by atoms with Crippen LogP contribution in [0.25, 0.3) is 0 Å². The molecule has 6 heteroatoms. The fourth-order valence-corrected chi connectivity index (χ4v) is 2.78. The van der Waals surface area contributed by atoms with E-state index in [1.165, 1.54) is 0 Å². The van der Waals surface area contributed by atoms with Gasteiger partial charge in [0.05, 0.1) is 5.92 Å². The molecule has 0 spiro atoms. The van der Waals surface area contributed by atoms with Gasteiger partial charge >= 0.3 is 0 Å². The van der Waals surface area contributed by atoms with Gasteiger partial charge in [-0.25, -0.2) is 0 Å². The minimum Gasteiger partial charge on any atom is -0.409 e. The third kappa shape index (κ3) is 3.96. The molecule has 0 aromatic heterocycles. The van der Waals surface area contributed by atoms with Crippen molar-refractivity contribution in [2.24, 2.45) is 16.8 Å². The van der Waals surface area contributed by atoms with Gasteiger partial charge in [0.1, 0.15) is 0 Å². The Morgan fingerprint density at radius 3 is 2.45 bits per heavy atom. The first-order valence-electron chi connectivity index (χ1n) is 6.45. The number of amidine groups is 1. The Hall–Kier alpha value is -1.56. The van der Waals surface area contributed by atoms with E-state index in [9.17, 15) is 4.79 Å². The number of rotatable bonds is 5. The predicted molar refractivity (Wildman–Crippen MR) is 84.1 cm³/mol. The molecule has 0 fully saturated rings. The van der Waals surface area contributed by atoms with Crippen molar-refractivity contribution in [1.29, 1.82) is 0 Å². The fraction of sp³-hybridized carbons (Fsp3) is 0.429. The molecule has 0 heterocycles. The van der Waals surface area contributed by atoms with Crippen LogP contribution in [0.15, 0.2) is 21.8 Å². The third-order valence-electron chi connectivity index (χ3n) is 3.11. The van der Waals surface area contributed by atoms with Gasteiger partial charge < -0.3 is 16.3 Å². The number of carbonyl (C=O) groups is 1. The van der Waals surface area contributed by atoms with Gasteiger partial charge in [-0.2, -0.15) is 0 Å². The first kappa shape index (κ1) is 16.5. The number of amides is 1. The maximum atomic E-state index is 12.3. The van der Waals surface area contributed by atoms with Gasteiger partial charge in [-0.15, -0.1) is 0 Å². The summed E-state index contributed by atoms with van der Waals surface area (Å²) in [7, 11) is 0. The van der Waals surface area contributed by atoms with Gasteiger partial charge in [0, 0.05) is 10.2 Å². The Balaban J connectivity index is 3.00. The molecule has 20 heavy (non-hydrogen) atoms. The molecule has 0 radical (unpaired) electrons. The number of carbonyl (C=O) groups excluding carboxylic acids is 1. The van der Waals surface area contributed by atoms with Crippen LogP contribution in [0.1, 0.15) is 30.9 Å². The molecule has 0 aliphatic carbocycles. The van der Waals surface area contributed by atoms with Gasteiger partial charge in [0.15, 0.2) is 5.84 Å². The molecule has 110 valence electrons. The molecule has 1 amide bonds. The number of halogens is 1. The van der Waals surface area contributed by atoms with E-state index in [2.05, 4.69) is 26.4 Å². The Labute approximate surface area is 127 Å². The number of nitrogens with one attached hydrogen (secondary N) is 1. The number of oxime groups is 1. The summed E-state index contributed by atoms with van der Waals surface area (Å²) in [6.45, 7) is 5.79. The van der Waals surface area contributed by atoms with E-state index in [-0.39, 0.29) is 11.7 Å². The number of nitrogens with zero attached hydrogens (tertiary/aromatic N) is 1. The third-order valence-corrected chi connectivity index (χ3v) is 3.57. The summed E-state index contributed by atoms with van der Waals surface area (Å²) in [5.74, 6) is -0.931. The molecule has 1 aromatic carbocycles. The van der Waals surface area contributed by atoms with Crippen molar-refractivity contribution < 1.29 is 10.0 Å². The second-order valence-electron chi connectivity index (χ2n) is 4.77. The first-order chi connectivity index (χ1) is 9.40. The normalized spacial score (nSPS) is 13.1. The topological polar surface area (TPSA) is 87.7 Å². The zero-order valence-electron chi connectivity index (χ0n) is 11.9. The molecule has 0 saturated carbocycles. The molecule has 5 nitrogen and oxygen atoms in total. The first-order valence-corrected chi connectivity index (χ1v) is 7.25. The number of nitrogens with two attached hydrogens (primary N) is 1. The highest BCUT2D eigenvalue weighted by molar-refractivity contribution is 9.10. The van der Waals surface area contributed by atoms with Crippen LogP contribution in [0, 0.1) is 19.8 Å². The summed E-state index contributed by atoms with van der Waals surface area (Å²) in [6.07, 6.45) is 1.31. The maximum Gasteiger partial charge on any atom is 0.235 e. The van der Waals surface area contributed by atoms with Crippen molar-refractivity contribution in [2.45, 2.75) is 33.6 Å². The van der Waals surface area contributed by atoms with E-state index >= 15 is 0 Å². The van der Waals surface area contributed by atoms with Gasteiger partial charge in [-0.1, -0.05) is 34.4 Å². The summed E-state index contributed by atoms with van der Waals surface area (Å²) in [6, 6.07) is 3.86. The smallest absolute Gasteiger partial charge is 0.235 e. The molecule has 0 aliphatic rings. The van der Waals surface area contributed by atoms with Gasteiger partial charge in [0.2, 0.25) is 5.91 Å². The highest BCUT2D eigenvalue weighted by Crippen LogP contribution is 2.26. The molecular formula is C14H20BrN3O2. The molecule has 0 aliphatic heterocycles. The highest BCUT2D eigenvalue weighted by Gasteiger charge is 2.23. The number of aryl methyl sites for hydroxylation is 2. The molecule has 1 atom stereocenters. The zero-order chi connectivity index (χ0) is 15.3. The lowest BCUT2D eigenvalue weighted by Crippen LogP contribution is -2.35. The minimum absolute atomic E-state index is 0.0585. The van der Waals surface area contributed by atoms with E-state index in [0.29, 0.717) is 6.42 Å². The van der Waals surface area contributed by atoms with Crippen LogP contribution in [0.3, 0.4) is 0 Å². The second kappa shape index (κ2) is 7.28. The molecule has 0 saturated heterocycles. The average molecular weight is 342 g/mol. The van der Waals surface area contributed by atoms with Gasteiger partial charge in [-0.05, 0) is 43.5 Å². The van der Waals surface area contributed by atoms with Gasteiger partial charge in [-0.3, -0.25) is 4.79 Å². The zero-order valence-corrected chi connectivity index (χ0v) is 13.5. The Bertz CT molecular complexity index is 506. The lowest BCUT2D eigenvalue weighted by molar-refractivity contribution is -0.118. The SMILES string of the molecule is CCCC(C(=O)Nc1c(C)cc(Br)cc1C)C(N)=NO. The Morgan fingerprint density at radius 2 is 2.00 bits per heavy atom. The molecular weight excluding hydrogens is 322 g/mol. The summed E-state index contributed by atoms with van der Waals surface area (Å²) >= 11 is 3.42. The number of benzene rings is 1. The lowest BCUT2D eigenvalue weighted by atomic mass is 10.0. The van der Waals surface area contributed by atoms with E-state index in [1.54, 1.807) is 0 Å². The van der Waals surface area contributed by atoms with Gasteiger partial charge in [0.25, 0.3) is 0 Å². The van der Waals surface area contributed by atoms with Crippen LogP contribution in [0.5, 0.6) is 0 Å². The van der Waals surface area contributed by atoms with Crippen molar-refractivity contribution in [3.05, 3.63) is 27.7 Å². The van der Waals surface area contributed by atoms with Crippen molar-refractivity contribution in [1.82, 2.24) is 0 Å². The lowest BCUT2D eigenvalue weighted by Gasteiger charge is -2.17. The summed E-state index contributed by atoms with van der Waals surface area (Å²) in [4.78, 5) is 12.3. The molecule has 1 unspecified atom stereocenters. The Kier molecular flexibility index (Phi) is 6.01. The van der Waals surface area contributed by atoms with E-state index < -0.39 is 5.92 Å². The predicted octanol–water partition coefficient (Wildman–Crippen LogP) is 3.17. The minimum atomic E-state index is -0.618. The van der Waals surface area contributed by atoms with Crippen LogP contribution < -0.4 is 11.1 Å². The maximum absolute atomic E-state index is 12.3. The largest absolute Gasteiger partial charge is 0.409 e. The molecule has 1 aromatic rings. The quantitative estimate of drug-likeness (QED) is 0.332. The molecule has 1 rings (SSSR count). The summed E-state index contributed by atoms with van der Waals surface area (Å²) < 4.78 is 0.965. The van der Waals surface area contributed by atoms with Crippen LogP contribution in [-0.2, 0) is 4.79 Å². The highest BCUT2D eigenvalue weighted by atomic mass is 79.9. The van der Waals surface area contributed by atoms with Crippen LogP contribution >= 0.6 is 15.9 Å².